The van der Waals surface area contributed by atoms with Crippen molar-refractivity contribution in [2.75, 3.05) is 13.7 Å². The lowest BCUT2D eigenvalue weighted by atomic mass is 10.1. The van der Waals surface area contributed by atoms with Gasteiger partial charge in [0.2, 0.25) is 5.88 Å². The van der Waals surface area contributed by atoms with E-state index in [-0.39, 0.29) is 11.9 Å². The van der Waals surface area contributed by atoms with Gasteiger partial charge in [-0.1, -0.05) is 0 Å². The van der Waals surface area contributed by atoms with Crippen LogP contribution in [0.5, 0.6) is 5.88 Å². The monoisotopic (exact) mass is 284 g/mol. The van der Waals surface area contributed by atoms with Crippen LogP contribution in [0.4, 0.5) is 0 Å². The van der Waals surface area contributed by atoms with E-state index in [0.717, 1.165) is 25.1 Å². The Hall–Kier alpha value is -2.50. The summed E-state index contributed by atoms with van der Waals surface area (Å²) in [5.41, 5.74) is 1.40. The number of aromatic nitrogens is 3. The minimum Gasteiger partial charge on any atom is -0.481 e. The van der Waals surface area contributed by atoms with Crippen LogP contribution in [0, 0.1) is 0 Å². The maximum atomic E-state index is 12.6. The number of nitrogens with zero attached hydrogens (tertiary/aromatic N) is 4. The minimum absolute atomic E-state index is 0.00620. The summed E-state index contributed by atoms with van der Waals surface area (Å²) >= 11 is 0. The molecule has 6 heteroatoms. The van der Waals surface area contributed by atoms with Crippen molar-refractivity contribution in [2.24, 2.45) is 0 Å². The Labute approximate surface area is 122 Å². The molecule has 1 atom stereocenters. The van der Waals surface area contributed by atoms with Crippen LogP contribution in [0.25, 0.3) is 0 Å². The lowest BCUT2D eigenvalue weighted by Crippen LogP contribution is -2.31. The fourth-order valence-corrected chi connectivity index (χ4v) is 2.59. The van der Waals surface area contributed by atoms with E-state index in [9.17, 15) is 4.79 Å². The molecule has 3 heterocycles. The first kappa shape index (κ1) is 13.5. The maximum absolute atomic E-state index is 12.6. The second kappa shape index (κ2) is 5.87. The molecule has 1 amide bonds. The van der Waals surface area contributed by atoms with E-state index >= 15 is 0 Å². The molecule has 1 saturated heterocycles. The fraction of sp³-hybridized carbons (Fsp3) is 0.333. The molecule has 2 aromatic rings. The lowest BCUT2D eigenvalue weighted by molar-refractivity contribution is 0.0732. The van der Waals surface area contributed by atoms with E-state index in [1.807, 2.05) is 4.90 Å². The van der Waals surface area contributed by atoms with Gasteiger partial charge in [0.1, 0.15) is 0 Å². The zero-order chi connectivity index (χ0) is 14.7. The van der Waals surface area contributed by atoms with Crippen LogP contribution in [0.15, 0.2) is 36.9 Å². The number of pyridine rings is 1. The summed E-state index contributed by atoms with van der Waals surface area (Å²) in [6, 6.07) is 3.43. The molecule has 0 aromatic carbocycles. The summed E-state index contributed by atoms with van der Waals surface area (Å²) in [4.78, 5) is 27.0. The van der Waals surface area contributed by atoms with Crippen molar-refractivity contribution >= 4 is 5.91 Å². The van der Waals surface area contributed by atoms with Gasteiger partial charge in [-0.3, -0.25) is 14.8 Å². The highest BCUT2D eigenvalue weighted by molar-refractivity contribution is 5.94. The molecule has 0 bridgehead atoms. The van der Waals surface area contributed by atoms with Crippen LogP contribution in [0.3, 0.4) is 0 Å². The fourth-order valence-electron chi connectivity index (χ4n) is 2.59. The van der Waals surface area contributed by atoms with Crippen LogP contribution in [-0.2, 0) is 0 Å². The topological polar surface area (TPSA) is 68.2 Å². The van der Waals surface area contributed by atoms with Gasteiger partial charge in [0.15, 0.2) is 0 Å². The average Bonchev–Trinajstić information content (AvgIpc) is 3.04. The predicted octanol–water partition coefficient (Wildman–Crippen LogP) is 1.86. The Kier molecular flexibility index (Phi) is 3.77. The molecule has 0 radical (unpaired) electrons. The zero-order valence-corrected chi connectivity index (χ0v) is 11.8. The second-order valence-electron chi connectivity index (χ2n) is 4.88. The van der Waals surface area contributed by atoms with Crippen molar-refractivity contribution in [1.82, 2.24) is 19.9 Å². The molecule has 1 aliphatic rings. The van der Waals surface area contributed by atoms with Gasteiger partial charge in [-0.2, -0.15) is 0 Å². The maximum Gasteiger partial charge on any atom is 0.255 e. The minimum atomic E-state index is -0.0293. The molecule has 1 aliphatic heterocycles. The normalized spacial score (nSPS) is 17.8. The Morgan fingerprint density at radius 1 is 1.29 bits per heavy atom. The molecule has 3 rings (SSSR count). The molecular formula is C15H16N4O2. The molecule has 0 N–H and O–H groups in total. The average molecular weight is 284 g/mol. The molecule has 0 aliphatic carbocycles. The molecule has 21 heavy (non-hydrogen) atoms. The van der Waals surface area contributed by atoms with Crippen LogP contribution in [0.2, 0.25) is 0 Å². The van der Waals surface area contributed by atoms with Gasteiger partial charge in [-0.25, -0.2) is 4.98 Å². The number of carbonyl (C=O) groups excluding carboxylic acids is 1. The van der Waals surface area contributed by atoms with Crippen molar-refractivity contribution in [1.29, 1.82) is 0 Å². The molecule has 1 fully saturated rings. The summed E-state index contributed by atoms with van der Waals surface area (Å²) in [6.07, 6.45) is 8.45. The summed E-state index contributed by atoms with van der Waals surface area (Å²) in [5.74, 6) is 0.469. The van der Waals surface area contributed by atoms with Crippen LogP contribution >= 0.6 is 0 Å². The van der Waals surface area contributed by atoms with E-state index in [0.29, 0.717) is 11.4 Å². The SMILES string of the molecule is COc1ccc(C(=O)N2CCC[C@H]2c2cnccn2)cn1. The third-order valence-corrected chi connectivity index (χ3v) is 3.63. The molecule has 108 valence electrons. The van der Waals surface area contributed by atoms with Crippen molar-refractivity contribution in [3.63, 3.8) is 0 Å². The molecule has 6 nitrogen and oxygen atoms in total. The third kappa shape index (κ3) is 2.69. The number of amides is 1. The van der Waals surface area contributed by atoms with Crippen LogP contribution in [-0.4, -0.2) is 39.4 Å². The van der Waals surface area contributed by atoms with E-state index in [4.69, 9.17) is 4.74 Å². The molecule has 2 aromatic heterocycles. The number of hydrogen-bond donors (Lipinski definition) is 0. The first-order valence-electron chi connectivity index (χ1n) is 6.86. The molecule has 0 saturated carbocycles. The summed E-state index contributed by atoms with van der Waals surface area (Å²) in [6.45, 7) is 0.728. The van der Waals surface area contributed by atoms with Crippen LogP contribution in [0.1, 0.15) is 34.9 Å². The quantitative estimate of drug-likeness (QED) is 0.860. The van der Waals surface area contributed by atoms with E-state index in [1.54, 1.807) is 44.0 Å². The zero-order valence-electron chi connectivity index (χ0n) is 11.8. The highest BCUT2D eigenvalue weighted by Crippen LogP contribution is 2.31. The van der Waals surface area contributed by atoms with E-state index in [2.05, 4.69) is 15.0 Å². The van der Waals surface area contributed by atoms with Crippen molar-refractivity contribution in [2.45, 2.75) is 18.9 Å². The number of rotatable bonds is 3. The first-order chi connectivity index (χ1) is 10.3. The summed E-state index contributed by atoms with van der Waals surface area (Å²) < 4.78 is 5.01. The van der Waals surface area contributed by atoms with Crippen molar-refractivity contribution in [3.05, 3.63) is 48.2 Å². The number of carbonyl (C=O) groups is 1. The van der Waals surface area contributed by atoms with Gasteiger partial charge in [0.25, 0.3) is 5.91 Å². The lowest BCUT2D eigenvalue weighted by Gasteiger charge is -2.24. The Morgan fingerprint density at radius 3 is 2.86 bits per heavy atom. The number of likely N-dealkylation sites (tertiary alicyclic amines) is 1. The number of ether oxygens (including phenoxy) is 1. The predicted molar refractivity (Wildman–Crippen MR) is 75.8 cm³/mol. The van der Waals surface area contributed by atoms with Gasteiger partial charge in [-0.15, -0.1) is 0 Å². The Balaban J connectivity index is 1.82. The highest BCUT2D eigenvalue weighted by Gasteiger charge is 2.31. The van der Waals surface area contributed by atoms with Gasteiger partial charge >= 0.3 is 0 Å². The van der Waals surface area contributed by atoms with E-state index < -0.39 is 0 Å². The van der Waals surface area contributed by atoms with Crippen LogP contribution < -0.4 is 4.74 Å². The Bertz CT molecular complexity index is 615. The molecule has 0 spiro atoms. The number of hydrogen-bond acceptors (Lipinski definition) is 5. The van der Waals surface area contributed by atoms with Crippen molar-refractivity contribution < 1.29 is 9.53 Å². The van der Waals surface area contributed by atoms with E-state index in [1.165, 1.54) is 0 Å². The largest absolute Gasteiger partial charge is 0.481 e. The van der Waals surface area contributed by atoms with Gasteiger partial charge in [-0.05, 0) is 18.9 Å². The standard InChI is InChI=1S/C15H16N4O2/c1-21-14-5-4-11(9-18-14)15(20)19-8-2-3-13(19)12-10-16-6-7-17-12/h4-7,9-10,13H,2-3,8H2,1H3/t13-/m0/s1. The van der Waals surface area contributed by atoms with Gasteiger partial charge in [0, 0.05) is 31.2 Å². The number of methoxy groups -OCH3 is 1. The smallest absolute Gasteiger partial charge is 0.255 e. The summed E-state index contributed by atoms with van der Waals surface area (Å²) in [7, 11) is 1.55. The highest BCUT2D eigenvalue weighted by atomic mass is 16.5. The Morgan fingerprint density at radius 2 is 2.19 bits per heavy atom. The second-order valence-corrected chi connectivity index (χ2v) is 4.88. The van der Waals surface area contributed by atoms with Crippen molar-refractivity contribution in [3.8, 4) is 5.88 Å². The third-order valence-electron chi connectivity index (χ3n) is 3.63. The molecule has 0 unspecified atom stereocenters. The summed E-state index contributed by atoms with van der Waals surface area (Å²) in [5, 5.41) is 0. The molecular weight excluding hydrogens is 268 g/mol. The first-order valence-corrected chi connectivity index (χ1v) is 6.86. The van der Waals surface area contributed by atoms with Gasteiger partial charge < -0.3 is 9.64 Å². The van der Waals surface area contributed by atoms with Gasteiger partial charge in [0.05, 0.1) is 30.6 Å².